The van der Waals surface area contributed by atoms with Crippen molar-refractivity contribution in [3.8, 4) is 0 Å². The van der Waals surface area contributed by atoms with Gasteiger partial charge in [0.15, 0.2) is 0 Å². The Morgan fingerprint density at radius 3 is 2.00 bits per heavy atom. The zero-order valence-corrected chi connectivity index (χ0v) is 24.4. The summed E-state index contributed by atoms with van der Waals surface area (Å²) < 4.78 is 62.7. The summed E-state index contributed by atoms with van der Waals surface area (Å²) >= 11 is 15.8. The van der Waals surface area contributed by atoms with Gasteiger partial charge in [0.1, 0.15) is 5.37 Å². The lowest BCUT2D eigenvalue weighted by Gasteiger charge is -2.27. The first-order valence-electron chi connectivity index (χ1n) is 11.5. The van der Waals surface area contributed by atoms with Crippen LogP contribution in [-0.4, -0.2) is 55.9 Å². The minimum atomic E-state index is -4.01. The van der Waals surface area contributed by atoms with Crippen LogP contribution in [0.1, 0.15) is 25.7 Å². The van der Waals surface area contributed by atoms with Gasteiger partial charge in [-0.05, 0) is 68.2 Å². The minimum Gasteiger partial charge on any atom is -0.355 e. The van der Waals surface area contributed by atoms with E-state index < -0.39 is 20.2 Å². The second-order valence-electron chi connectivity index (χ2n) is 8.67. The predicted molar refractivity (Wildman–Crippen MR) is 152 cm³/mol. The van der Waals surface area contributed by atoms with Crippen LogP contribution in [0.15, 0.2) is 57.3 Å². The molecular weight excluding hydrogens is 599 g/mol. The number of benzene rings is 2. The average Bonchev–Trinajstić information content (AvgIpc) is 3.30. The SMILES string of the molecule is O=S(=O)(O)CCCCN1/C(=C/C2Sc3ccc(Cl)cc3N2CCCCS(=O)(=O)O)Sc2ccc(Cl)cc21. The Bertz CT molecular complexity index is 1400. The highest BCUT2D eigenvalue weighted by Crippen LogP contribution is 2.50. The normalized spacial score (nSPS) is 18.5. The quantitative estimate of drug-likeness (QED) is 0.227. The average molecular weight is 626 g/mol. The second-order valence-corrected chi connectivity index (χ2v) is 14.9. The van der Waals surface area contributed by atoms with Gasteiger partial charge in [-0.25, -0.2) is 0 Å². The van der Waals surface area contributed by atoms with Crippen LogP contribution >= 0.6 is 46.7 Å². The van der Waals surface area contributed by atoms with Crippen LogP contribution in [0.5, 0.6) is 0 Å². The van der Waals surface area contributed by atoms with Gasteiger partial charge in [-0.1, -0.05) is 46.7 Å². The van der Waals surface area contributed by atoms with E-state index in [1.165, 1.54) is 0 Å². The number of hydrogen-bond donors (Lipinski definition) is 2. The Morgan fingerprint density at radius 1 is 0.811 bits per heavy atom. The molecule has 0 saturated carbocycles. The largest absolute Gasteiger partial charge is 0.355 e. The molecule has 4 rings (SSSR count). The van der Waals surface area contributed by atoms with Crippen molar-refractivity contribution in [3.05, 3.63) is 57.5 Å². The highest BCUT2D eigenvalue weighted by molar-refractivity contribution is 8.04. The third-order valence-corrected chi connectivity index (χ3v) is 10.3. The maximum absolute atomic E-state index is 11.1. The van der Waals surface area contributed by atoms with Crippen molar-refractivity contribution < 1.29 is 25.9 Å². The molecule has 0 radical (unpaired) electrons. The maximum Gasteiger partial charge on any atom is 0.264 e. The van der Waals surface area contributed by atoms with Crippen molar-refractivity contribution >= 4 is 78.3 Å². The third-order valence-electron chi connectivity index (χ3n) is 5.85. The Morgan fingerprint density at radius 2 is 1.38 bits per heavy atom. The van der Waals surface area contributed by atoms with Crippen LogP contribution in [0.4, 0.5) is 11.4 Å². The summed E-state index contributed by atoms with van der Waals surface area (Å²) in [5.74, 6) is -0.577. The molecule has 2 aliphatic rings. The molecule has 2 heterocycles. The molecule has 0 saturated heterocycles. The van der Waals surface area contributed by atoms with E-state index in [0.717, 1.165) is 26.2 Å². The van der Waals surface area contributed by atoms with E-state index in [4.69, 9.17) is 32.3 Å². The first-order chi connectivity index (χ1) is 17.4. The molecule has 0 bridgehead atoms. The number of rotatable bonds is 11. The number of unbranched alkanes of at least 4 members (excludes halogenated alkanes) is 2. The van der Waals surface area contributed by atoms with Gasteiger partial charge >= 0.3 is 0 Å². The number of nitrogens with zero attached hydrogens (tertiary/aromatic N) is 2. The monoisotopic (exact) mass is 624 g/mol. The minimum absolute atomic E-state index is 0.0909. The molecule has 14 heteroatoms. The van der Waals surface area contributed by atoms with Crippen molar-refractivity contribution in [2.45, 2.75) is 40.8 Å². The lowest BCUT2D eigenvalue weighted by Crippen LogP contribution is -2.30. The van der Waals surface area contributed by atoms with Crippen LogP contribution in [0.25, 0.3) is 0 Å². The van der Waals surface area contributed by atoms with E-state index in [-0.39, 0.29) is 16.9 Å². The molecule has 2 aliphatic heterocycles. The van der Waals surface area contributed by atoms with Gasteiger partial charge in [-0.3, -0.25) is 9.11 Å². The molecule has 202 valence electrons. The number of halogens is 2. The van der Waals surface area contributed by atoms with Gasteiger partial charge in [0, 0.05) is 32.9 Å². The fourth-order valence-corrected chi connectivity index (χ4v) is 8.12. The molecule has 37 heavy (non-hydrogen) atoms. The van der Waals surface area contributed by atoms with Crippen molar-refractivity contribution in [3.63, 3.8) is 0 Å². The second kappa shape index (κ2) is 12.0. The van der Waals surface area contributed by atoms with Gasteiger partial charge in [0.25, 0.3) is 20.2 Å². The lowest BCUT2D eigenvalue weighted by atomic mass is 10.2. The summed E-state index contributed by atoms with van der Waals surface area (Å²) in [5, 5.41) is 2.09. The Hall–Kier alpha value is -1.12. The van der Waals surface area contributed by atoms with Gasteiger partial charge < -0.3 is 9.80 Å². The first-order valence-corrected chi connectivity index (χ1v) is 17.2. The lowest BCUT2D eigenvalue weighted by molar-refractivity contribution is 0.478. The van der Waals surface area contributed by atoms with Crippen molar-refractivity contribution in [2.24, 2.45) is 0 Å². The molecule has 1 atom stereocenters. The molecule has 1 unspecified atom stereocenters. The topological polar surface area (TPSA) is 115 Å². The molecule has 0 spiro atoms. The van der Waals surface area contributed by atoms with E-state index in [2.05, 4.69) is 15.9 Å². The molecule has 2 aromatic carbocycles. The predicted octanol–water partition coefficient (Wildman–Crippen LogP) is 6.02. The number of anilines is 2. The third kappa shape index (κ3) is 7.95. The standard InChI is InChI=1S/C23H26Cl2N2O6S4/c24-16-5-7-20-18(13-16)26(9-1-3-11-36(28,29)30)22(34-20)15-23-27(10-2-4-12-37(31,32)33)19-14-17(25)6-8-21(19)35-23/h5-8,13-15,22H,1-4,9-12H2,(H,28,29,30)(H,31,32,33)/b23-15-. The molecular formula is C23H26Cl2N2O6S4. The van der Waals surface area contributed by atoms with Crippen LogP contribution in [0.2, 0.25) is 10.0 Å². The summed E-state index contributed by atoms with van der Waals surface area (Å²) in [4.78, 5) is 6.39. The van der Waals surface area contributed by atoms with Gasteiger partial charge in [-0.15, -0.1) is 0 Å². The van der Waals surface area contributed by atoms with Crippen molar-refractivity contribution in [2.75, 3.05) is 34.4 Å². The van der Waals surface area contributed by atoms with Crippen molar-refractivity contribution in [1.82, 2.24) is 0 Å². The zero-order chi connectivity index (χ0) is 26.8. The number of thioether (sulfide) groups is 2. The van der Waals surface area contributed by atoms with E-state index in [0.29, 0.717) is 48.8 Å². The smallest absolute Gasteiger partial charge is 0.264 e. The highest BCUT2D eigenvalue weighted by Gasteiger charge is 2.32. The summed E-state index contributed by atoms with van der Waals surface area (Å²) in [7, 11) is -8.03. The summed E-state index contributed by atoms with van der Waals surface area (Å²) in [6, 6.07) is 11.4. The van der Waals surface area contributed by atoms with Crippen molar-refractivity contribution in [1.29, 1.82) is 0 Å². The number of fused-ring (bicyclic) bond motifs is 2. The highest BCUT2D eigenvalue weighted by atomic mass is 35.5. The molecule has 2 aromatic rings. The molecule has 0 amide bonds. The number of hydrogen-bond acceptors (Lipinski definition) is 8. The molecule has 0 aromatic heterocycles. The zero-order valence-electron chi connectivity index (χ0n) is 19.6. The Labute approximate surface area is 235 Å². The van der Waals surface area contributed by atoms with Gasteiger partial charge in [0.2, 0.25) is 0 Å². The van der Waals surface area contributed by atoms with Gasteiger partial charge in [0.05, 0.1) is 27.9 Å². The van der Waals surface area contributed by atoms with E-state index in [1.54, 1.807) is 23.5 Å². The molecule has 8 nitrogen and oxygen atoms in total. The Balaban J connectivity index is 1.57. The van der Waals surface area contributed by atoms with Crippen LogP contribution < -0.4 is 9.80 Å². The summed E-state index contributed by atoms with van der Waals surface area (Å²) in [6.07, 6.45) is 3.91. The van der Waals surface area contributed by atoms with E-state index in [1.807, 2.05) is 36.4 Å². The van der Waals surface area contributed by atoms with Crippen LogP contribution in [0.3, 0.4) is 0 Å². The van der Waals surface area contributed by atoms with E-state index >= 15 is 0 Å². The molecule has 0 aliphatic carbocycles. The molecule has 2 N–H and O–H groups in total. The maximum atomic E-state index is 11.1. The van der Waals surface area contributed by atoms with Gasteiger partial charge in [-0.2, -0.15) is 16.8 Å². The Kier molecular flexibility index (Phi) is 9.33. The summed E-state index contributed by atoms with van der Waals surface area (Å²) in [6.45, 7) is 1.12. The fourth-order valence-electron chi connectivity index (χ4n) is 4.19. The molecule has 0 fully saturated rings. The fraction of sp³-hybridized carbons (Fsp3) is 0.391. The first kappa shape index (κ1) is 28.9. The summed E-state index contributed by atoms with van der Waals surface area (Å²) in [5.41, 5.74) is 1.91. The van der Waals surface area contributed by atoms with E-state index in [9.17, 15) is 16.8 Å². The van der Waals surface area contributed by atoms with Crippen LogP contribution in [-0.2, 0) is 20.2 Å². The van der Waals surface area contributed by atoms with Crippen LogP contribution in [0, 0.1) is 0 Å².